The van der Waals surface area contributed by atoms with Crippen LogP contribution in [-0.2, 0) is 11.8 Å². The molecule has 3 rings (SSSR count). The van der Waals surface area contributed by atoms with Crippen molar-refractivity contribution in [3.05, 3.63) is 35.8 Å². The van der Waals surface area contributed by atoms with Crippen LogP contribution in [0, 0.1) is 13.8 Å². The first-order valence-corrected chi connectivity index (χ1v) is 8.27. The molecule has 0 bridgehead atoms. The second-order valence-corrected chi connectivity index (χ2v) is 6.42. The molecule has 7 nitrogen and oxygen atoms in total. The fourth-order valence-electron chi connectivity index (χ4n) is 2.82. The number of nitrogens with zero attached hydrogens (tertiary/aromatic N) is 4. The van der Waals surface area contributed by atoms with Crippen molar-refractivity contribution in [1.82, 2.24) is 19.6 Å². The van der Waals surface area contributed by atoms with Crippen molar-refractivity contribution in [1.29, 1.82) is 0 Å². The zero-order chi connectivity index (χ0) is 18.1. The Kier molecular flexibility index (Phi) is 4.48. The summed E-state index contributed by atoms with van der Waals surface area (Å²) in [5, 5.41) is 12.6. The number of rotatable bonds is 5. The Morgan fingerprint density at radius 3 is 2.72 bits per heavy atom. The van der Waals surface area contributed by atoms with E-state index in [0.29, 0.717) is 5.75 Å². The van der Waals surface area contributed by atoms with Crippen LogP contribution in [0.5, 0.6) is 5.75 Å². The molecule has 0 aliphatic heterocycles. The molecular formula is C18H23N5O2. The summed E-state index contributed by atoms with van der Waals surface area (Å²) in [6.07, 6.45) is 1.83. The normalized spacial score (nSPS) is 11.3. The minimum Gasteiger partial charge on any atom is -0.480 e. The molecule has 0 saturated heterocycles. The number of aryl methyl sites for hydroxylation is 2. The van der Waals surface area contributed by atoms with E-state index in [0.717, 1.165) is 28.0 Å². The van der Waals surface area contributed by atoms with Gasteiger partial charge in [0, 0.05) is 24.2 Å². The zero-order valence-corrected chi connectivity index (χ0v) is 15.2. The SMILES string of the molecule is Cc1nn(C)c(C)c1OCC(=O)Nc1ccc2cnn(C(C)C)c2c1. The lowest BCUT2D eigenvalue weighted by Crippen LogP contribution is -2.20. The van der Waals surface area contributed by atoms with E-state index in [9.17, 15) is 4.79 Å². The molecule has 0 aliphatic rings. The summed E-state index contributed by atoms with van der Waals surface area (Å²) in [4.78, 5) is 12.2. The third-order valence-electron chi connectivity index (χ3n) is 4.16. The number of nitrogens with one attached hydrogen (secondary N) is 1. The lowest BCUT2D eigenvalue weighted by atomic mass is 10.2. The number of aromatic nitrogens is 4. The summed E-state index contributed by atoms with van der Waals surface area (Å²) in [6, 6.07) is 6.00. The van der Waals surface area contributed by atoms with E-state index in [-0.39, 0.29) is 18.6 Å². The Labute approximate surface area is 146 Å². The lowest BCUT2D eigenvalue weighted by molar-refractivity contribution is -0.118. The molecule has 0 aliphatic carbocycles. The van der Waals surface area contributed by atoms with Crippen molar-refractivity contribution >= 4 is 22.5 Å². The van der Waals surface area contributed by atoms with Gasteiger partial charge < -0.3 is 10.1 Å². The highest BCUT2D eigenvalue weighted by atomic mass is 16.5. The third kappa shape index (κ3) is 3.35. The molecule has 0 fully saturated rings. The smallest absolute Gasteiger partial charge is 0.262 e. The van der Waals surface area contributed by atoms with E-state index < -0.39 is 0 Å². The van der Waals surface area contributed by atoms with Crippen LogP contribution < -0.4 is 10.1 Å². The van der Waals surface area contributed by atoms with E-state index in [2.05, 4.69) is 29.4 Å². The van der Waals surface area contributed by atoms with Crippen LogP contribution in [0.1, 0.15) is 31.3 Å². The molecule has 0 spiro atoms. The molecule has 2 heterocycles. The van der Waals surface area contributed by atoms with E-state index in [1.807, 2.05) is 50.0 Å². The van der Waals surface area contributed by atoms with Gasteiger partial charge in [0.2, 0.25) is 0 Å². The van der Waals surface area contributed by atoms with Gasteiger partial charge in [0.05, 0.1) is 17.4 Å². The van der Waals surface area contributed by atoms with Gasteiger partial charge in [-0.3, -0.25) is 14.2 Å². The van der Waals surface area contributed by atoms with Crippen molar-refractivity contribution in [3.63, 3.8) is 0 Å². The molecular weight excluding hydrogens is 318 g/mol. The molecule has 1 N–H and O–H groups in total. The molecule has 3 aromatic rings. The highest BCUT2D eigenvalue weighted by Gasteiger charge is 2.13. The lowest BCUT2D eigenvalue weighted by Gasteiger charge is -2.10. The molecule has 0 atom stereocenters. The molecule has 1 aromatic carbocycles. The van der Waals surface area contributed by atoms with Gasteiger partial charge in [-0.05, 0) is 45.9 Å². The molecule has 0 radical (unpaired) electrons. The van der Waals surface area contributed by atoms with Gasteiger partial charge in [-0.1, -0.05) is 0 Å². The quantitative estimate of drug-likeness (QED) is 0.774. The fraction of sp³-hybridized carbons (Fsp3) is 0.389. The summed E-state index contributed by atoms with van der Waals surface area (Å²) in [5.41, 5.74) is 3.39. The van der Waals surface area contributed by atoms with Gasteiger partial charge in [-0.25, -0.2) is 0 Å². The van der Waals surface area contributed by atoms with Gasteiger partial charge in [0.1, 0.15) is 5.69 Å². The van der Waals surface area contributed by atoms with Crippen LogP contribution in [0.3, 0.4) is 0 Å². The molecule has 1 amide bonds. The van der Waals surface area contributed by atoms with Gasteiger partial charge in [0.25, 0.3) is 5.91 Å². The van der Waals surface area contributed by atoms with Crippen LogP contribution in [0.15, 0.2) is 24.4 Å². The first kappa shape index (κ1) is 17.0. The molecule has 25 heavy (non-hydrogen) atoms. The average Bonchev–Trinajstić information content (AvgIpc) is 3.07. The van der Waals surface area contributed by atoms with Crippen molar-refractivity contribution in [2.75, 3.05) is 11.9 Å². The maximum Gasteiger partial charge on any atom is 0.262 e. The fourth-order valence-corrected chi connectivity index (χ4v) is 2.82. The summed E-state index contributed by atoms with van der Waals surface area (Å²) < 4.78 is 9.32. The molecule has 2 aromatic heterocycles. The Morgan fingerprint density at radius 1 is 1.32 bits per heavy atom. The van der Waals surface area contributed by atoms with Gasteiger partial charge in [0.15, 0.2) is 12.4 Å². The van der Waals surface area contributed by atoms with Crippen LogP contribution in [0.25, 0.3) is 10.9 Å². The van der Waals surface area contributed by atoms with Crippen LogP contribution in [0.4, 0.5) is 5.69 Å². The Morgan fingerprint density at radius 2 is 2.08 bits per heavy atom. The topological polar surface area (TPSA) is 74.0 Å². The number of carbonyl (C=O) groups is 1. The van der Waals surface area contributed by atoms with Crippen molar-refractivity contribution in [2.24, 2.45) is 7.05 Å². The highest BCUT2D eigenvalue weighted by Crippen LogP contribution is 2.23. The number of carbonyl (C=O) groups excluding carboxylic acids is 1. The Balaban J connectivity index is 1.70. The van der Waals surface area contributed by atoms with Gasteiger partial charge >= 0.3 is 0 Å². The predicted octanol–water partition coefficient (Wildman–Crippen LogP) is 2.99. The number of hydrogen-bond donors (Lipinski definition) is 1. The molecule has 0 saturated carbocycles. The van der Waals surface area contributed by atoms with Crippen LogP contribution >= 0.6 is 0 Å². The van der Waals surface area contributed by atoms with Crippen molar-refractivity contribution in [3.8, 4) is 5.75 Å². The first-order chi connectivity index (χ1) is 11.9. The van der Waals surface area contributed by atoms with Gasteiger partial charge in [-0.15, -0.1) is 0 Å². The number of ether oxygens (including phenoxy) is 1. The maximum atomic E-state index is 12.2. The van der Waals surface area contributed by atoms with E-state index in [4.69, 9.17) is 4.74 Å². The van der Waals surface area contributed by atoms with Gasteiger partial charge in [-0.2, -0.15) is 10.2 Å². The molecule has 132 valence electrons. The van der Waals surface area contributed by atoms with Crippen molar-refractivity contribution in [2.45, 2.75) is 33.7 Å². The summed E-state index contributed by atoms with van der Waals surface area (Å²) in [5.74, 6) is 0.448. The number of benzene rings is 1. The summed E-state index contributed by atoms with van der Waals surface area (Å²) in [7, 11) is 1.85. The average molecular weight is 341 g/mol. The van der Waals surface area contributed by atoms with Crippen LogP contribution in [0.2, 0.25) is 0 Å². The largest absolute Gasteiger partial charge is 0.480 e. The minimum absolute atomic E-state index is 0.0607. The summed E-state index contributed by atoms with van der Waals surface area (Å²) in [6.45, 7) is 7.86. The van der Waals surface area contributed by atoms with Crippen LogP contribution in [-0.4, -0.2) is 32.1 Å². The monoisotopic (exact) mass is 341 g/mol. The standard InChI is InChI=1S/C18H23N5O2/c1-11(2)23-16-8-15(7-6-14(16)9-19-23)20-17(24)10-25-18-12(3)21-22(5)13(18)4/h6-9,11H,10H2,1-5H3,(H,20,24). The minimum atomic E-state index is -0.211. The number of anilines is 1. The third-order valence-corrected chi connectivity index (χ3v) is 4.16. The second-order valence-electron chi connectivity index (χ2n) is 6.42. The molecule has 0 unspecified atom stereocenters. The molecule has 7 heteroatoms. The van der Waals surface area contributed by atoms with E-state index in [1.165, 1.54) is 0 Å². The van der Waals surface area contributed by atoms with E-state index in [1.54, 1.807) is 4.68 Å². The number of amides is 1. The Hall–Kier alpha value is -2.83. The van der Waals surface area contributed by atoms with E-state index >= 15 is 0 Å². The maximum absolute atomic E-state index is 12.2. The number of hydrogen-bond acceptors (Lipinski definition) is 4. The summed E-state index contributed by atoms with van der Waals surface area (Å²) >= 11 is 0. The van der Waals surface area contributed by atoms with Crippen molar-refractivity contribution < 1.29 is 9.53 Å². The predicted molar refractivity (Wildman–Crippen MR) is 96.9 cm³/mol. The highest BCUT2D eigenvalue weighted by molar-refractivity contribution is 5.94. The Bertz CT molecular complexity index is 923. The second kappa shape index (κ2) is 6.58. The first-order valence-electron chi connectivity index (χ1n) is 8.27. The zero-order valence-electron chi connectivity index (χ0n) is 15.2. The number of fused-ring (bicyclic) bond motifs is 1.